The molecule has 0 saturated heterocycles. The first-order valence-electron chi connectivity index (χ1n) is 3.18. The number of aromatic nitrogens is 1. The summed E-state index contributed by atoms with van der Waals surface area (Å²) in [5, 5.41) is 0. The van der Waals surface area contributed by atoms with Gasteiger partial charge in [-0.05, 0) is 24.5 Å². The Kier molecular flexibility index (Phi) is 5.52. The highest BCUT2D eigenvalue weighted by molar-refractivity contribution is 7.05. The fraction of sp³-hybridized carbons (Fsp3) is 0.571. The minimum absolute atomic E-state index is 1.25. The monoisotopic (exact) mass is 143 g/mol. The molecule has 1 aromatic rings. The van der Waals surface area contributed by atoms with Crippen molar-refractivity contribution in [2.45, 2.75) is 27.2 Å². The van der Waals surface area contributed by atoms with Crippen LogP contribution in [0.5, 0.6) is 0 Å². The third-order valence-corrected chi connectivity index (χ3v) is 1.22. The summed E-state index contributed by atoms with van der Waals surface area (Å²) in [6.07, 6.45) is 3.06. The maximum Gasteiger partial charge on any atom is 0.0409 e. The maximum atomic E-state index is 3.86. The molecule has 2 heteroatoms. The molecule has 52 valence electrons. The SMILES string of the molecule is CCC.Cc1ccns1. The van der Waals surface area contributed by atoms with Crippen molar-refractivity contribution in [3.8, 4) is 0 Å². The fourth-order valence-electron chi connectivity index (χ4n) is 0.279. The lowest BCUT2D eigenvalue weighted by Crippen LogP contribution is -1.43. The fourth-order valence-corrected chi connectivity index (χ4v) is 0.689. The van der Waals surface area contributed by atoms with Gasteiger partial charge in [-0.15, -0.1) is 0 Å². The lowest BCUT2D eigenvalue weighted by atomic mass is 10.6. The Hall–Kier alpha value is -0.370. The highest BCUT2D eigenvalue weighted by atomic mass is 32.1. The van der Waals surface area contributed by atoms with E-state index in [0.717, 1.165) is 0 Å². The first-order chi connectivity index (χ1) is 4.31. The van der Waals surface area contributed by atoms with Crippen LogP contribution in [0.1, 0.15) is 25.1 Å². The number of rotatable bonds is 0. The molecule has 1 nitrogen and oxygen atoms in total. The van der Waals surface area contributed by atoms with Crippen LogP contribution in [0.3, 0.4) is 0 Å². The molecule has 1 heterocycles. The van der Waals surface area contributed by atoms with Gasteiger partial charge in [0.1, 0.15) is 0 Å². The van der Waals surface area contributed by atoms with E-state index < -0.39 is 0 Å². The molecule has 0 bridgehead atoms. The maximum absolute atomic E-state index is 3.86. The summed E-state index contributed by atoms with van der Waals surface area (Å²) < 4.78 is 3.86. The Bertz CT molecular complexity index is 123. The van der Waals surface area contributed by atoms with E-state index in [0.29, 0.717) is 0 Å². The van der Waals surface area contributed by atoms with Gasteiger partial charge in [-0.2, -0.15) is 0 Å². The van der Waals surface area contributed by atoms with Crippen molar-refractivity contribution in [1.29, 1.82) is 0 Å². The molecule has 0 amide bonds. The largest absolute Gasteiger partial charge is 0.201 e. The zero-order valence-electron chi connectivity index (χ0n) is 6.22. The van der Waals surface area contributed by atoms with Gasteiger partial charge in [-0.3, -0.25) is 0 Å². The van der Waals surface area contributed by atoms with Crippen LogP contribution >= 0.6 is 11.5 Å². The lowest BCUT2D eigenvalue weighted by molar-refractivity contribution is 1.09. The zero-order chi connectivity index (χ0) is 7.11. The van der Waals surface area contributed by atoms with Crippen LogP contribution in [-0.4, -0.2) is 4.37 Å². The average Bonchev–Trinajstić information content (AvgIpc) is 2.20. The van der Waals surface area contributed by atoms with Crippen molar-refractivity contribution in [2.24, 2.45) is 0 Å². The van der Waals surface area contributed by atoms with Gasteiger partial charge in [0.05, 0.1) is 0 Å². The molecule has 0 aliphatic rings. The van der Waals surface area contributed by atoms with Crippen LogP contribution in [0, 0.1) is 6.92 Å². The van der Waals surface area contributed by atoms with Gasteiger partial charge in [-0.25, -0.2) is 4.37 Å². The second-order valence-corrected chi connectivity index (χ2v) is 2.87. The van der Waals surface area contributed by atoms with E-state index in [-0.39, 0.29) is 0 Å². The molecule has 0 atom stereocenters. The number of aryl methyl sites for hydroxylation is 1. The van der Waals surface area contributed by atoms with Crippen molar-refractivity contribution in [3.05, 3.63) is 17.1 Å². The Morgan fingerprint density at radius 3 is 2.22 bits per heavy atom. The molecule has 0 aromatic carbocycles. The van der Waals surface area contributed by atoms with Gasteiger partial charge in [0.2, 0.25) is 0 Å². The molecular formula is C7H13NS. The van der Waals surface area contributed by atoms with E-state index in [1.54, 1.807) is 6.20 Å². The summed E-state index contributed by atoms with van der Waals surface area (Å²) in [6, 6.07) is 1.99. The molecule has 0 unspecified atom stereocenters. The normalized spacial score (nSPS) is 7.89. The Labute approximate surface area is 60.9 Å². The topological polar surface area (TPSA) is 12.9 Å². The third-order valence-electron chi connectivity index (χ3n) is 0.567. The predicted octanol–water partition coefficient (Wildman–Crippen LogP) is 2.87. The van der Waals surface area contributed by atoms with Crippen molar-refractivity contribution in [3.63, 3.8) is 0 Å². The summed E-state index contributed by atoms with van der Waals surface area (Å²) in [6.45, 7) is 6.29. The summed E-state index contributed by atoms with van der Waals surface area (Å²) >= 11 is 1.53. The standard InChI is InChI=1S/C4H5NS.C3H8/c1-4-2-3-5-6-4;1-3-2/h2-3H,1H3;3H2,1-2H3. The third kappa shape index (κ3) is 5.50. The Morgan fingerprint density at radius 2 is 2.11 bits per heavy atom. The van der Waals surface area contributed by atoms with Crippen molar-refractivity contribution < 1.29 is 0 Å². The van der Waals surface area contributed by atoms with E-state index in [1.165, 1.54) is 22.8 Å². The Morgan fingerprint density at radius 1 is 1.56 bits per heavy atom. The van der Waals surface area contributed by atoms with E-state index in [9.17, 15) is 0 Å². The quantitative estimate of drug-likeness (QED) is 0.544. The summed E-state index contributed by atoms with van der Waals surface area (Å²) in [4.78, 5) is 1.27. The minimum atomic E-state index is 1.25. The molecule has 0 N–H and O–H groups in total. The lowest BCUT2D eigenvalue weighted by Gasteiger charge is -1.63. The summed E-state index contributed by atoms with van der Waals surface area (Å²) in [5.74, 6) is 0. The second-order valence-electron chi connectivity index (χ2n) is 1.83. The van der Waals surface area contributed by atoms with Gasteiger partial charge in [-0.1, -0.05) is 20.3 Å². The molecule has 0 fully saturated rings. The van der Waals surface area contributed by atoms with Gasteiger partial charge >= 0.3 is 0 Å². The van der Waals surface area contributed by atoms with Crippen molar-refractivity contribution in [2.75, 3.05) is 0 Å². The van der Waals surface area contributed by atoms with Crippen molar-refractivity contribution >= 4 is 11.5 Å². The average molecular weight is 143 g/mol. The van der Waals surface area contributed by atoms with E-state index in [4.69, 9.17) is 0 Å². The molecule has 1 rings (SSSR count). The smallest absolute Gasteiger partial charge is 0.0409 e. The van der Waals surface area contributed by atoms with Gasteiger partial charge in [0.25, 0.3) is 0 Å². The first-order valence-corrected chi connectivity index (χ1v) is 3.95. The van der Waals surface area contributed by atoms with Crippen LogP contribution in [0.2, 0.25) is 0 Å². The van der Waals surface area contributed by atoms with E-state index in [1.807, 2.05) is 13.0 Å². The van der Waals surface area contributed by atoms with Crippen LogP contribution in [-0.2, 0) is 0 Å². The van der Waals surface area contributed by atoms with Gasteiger partial charge < -0.3 is 0 Å². The number of hydrogen-bond donors (Lipinski definition) is 0. The highest BCUT2D eigenvalue weighted by Gasteiger charge is 1.76. The van der Waals surface area contributed by atoms with Gasteiger partial charge in [0, 0.05) is 11.1 Å². The van der Waals surface area contributed by atoms with Gasteiger partial charge in [0.15, 0.2) is 0 Å². The predicted molar refractivity (Wildman–Crippen MR) is 42.8 cm³/mol. The van der Waals surface area contributed by atoms with Crippen LogP contribution < -0.4 is 0 Å². The number of nitrogens with zero attached hydrogens (tertiary/aromatic N) is 1. The zero-order valence-corrected chi connectivity index (χ0v) is 7.03. The minimum Gasteiger partial charge on any atom is -0.201 e. The second kappa shape index (κ2) is 5.76. The van der Waals surface area contributed by atoms with Crippen molar-refractivity contribution in [1.82, 2.24) is 4.37 Å². The van der Waals surface area contributed by atoms with Crippen LogP contribution in [0.4, 0.5) is 0 Å². The molecule has 0 aliphatic carbocycles. The summed E-state index contributed by atoms with van der Waals surface area (Å²) in [7, 11) is 0. The molecule has 0 spiro atoms. The molecule has 0 aliphatic heterocycles. The van der Waals surface area contributed by atoms with Crippen LogP contribution in [0.15, 0.2) is 12.3 Å². The van der Waals surface area contributed by atoms with Crippen LogP contribution in [0.25, 0.3) is 0 Å². The highest BCUT2D eigenvalue weighted by Crippen LogP contribution is 1.98. The van der Waals surface area contributed by atoms with E-state index in [2.05, 4.69) is 18.2 Å². The molecule has 9 heavy (non-hydrogen) atoms. The molecule has 0 radical (unpaired) electrons. The first kappa shape index (κ1) is 8.63. The molecule has 1 aromatic heterocycles. The molecule has 0 saturated carbocycles. The van der Waals surface area contributed by atoms with E-state index >= 15 is 0 Å². The number of hydrogen-bond acceptors (Lipinski definition) is 2. The molecular weight excluding hydrogens is 130 g/mol. The Balaban J connectivity index is 0.000000187. The summed E-state index contributed by atoms with van der Waals surface area (Å²) in [5.41, 5.74) is 0.